The van der Waals surface area contributed by atoms with Crippen LogP contribution in [-0.4, -0.2) is 28.7 Å². The highest BCUT2D eigenvalue weighted by molar-refractivity contribution is 7.09. The van der Waals surface area contributed by atoms with E-state index in [-0.39, 0.29) is 11.8 Å². The molecule has 0 aliphatic carbocycles. The van der Waals surface area contributed by atoms with E-state index in [1.165, 1.54) is 6.08 Å². The van der Waals surface area contributed by atoms with Gasteiger partial charge in [-0.2, -0.15) is 0 Å². The monoisotopic (exact) mass is 343 g/mol. The van der Waals surface area contributed by atoms with Crippen LogP contribution in [0.5, 0.6) is 0 Å². The van der Waals surface area contributed by atoms with Gasteiger partial charge in [0.1, 0.15) is 0 Å². The smallest absolute Gasteiger partial charge is 0.253 e. The van der Waals surface area contributed by atoms with Crippen molar-refractivity contribution in [1.82, 2.24) is 9.88 Å². The molecule has 0 saturated heterocycles. The number of thiazole rings is 1. The SMILES string of the molecule is C=CC(=O)Nc1ccc(C(=O)N(C)Cc2csc(C(C)C)n2)cc1. The van der Waals surface area contributed by atoms with Crippen LogP contribution in [0.2, 0.25) is 0 Å². The van der Waals surface area contributed by atoms with Gasteiger partial charge in [-0.25, -0.2) is 4.98 Å². The lowest BCUT2D eigenvalue weighted by Crippen LogP contribution is -2.26. The lowest BCUT2D eigenvalue weighted by atomic mass is 10.2. The summed E-state index contributed by atoms with van der Waals surface area (Å²) in [6.45, 7) is 8.07. The van der Waals surface area contributed by atoms with Crippen LogP contribution < -0.4 is 5.32 Å². The van der Waals surface area contributed by atoms with Crippen LogP contribution in [0.3, 0.4) is 0 Å². The highest BCUT2D eigenvalue weighted by Gasteiger charge is 2.14. The van der Waals surface area contributed by atoms with E-state index in [4.69, 9.17) is 0 Å². The average Bonchev–Trinajstić information content (AvgIpc) is 3.03. The van der Waals surface area contributed by atoms with Gasteiger partial charge in [0.2, 0.25) is 5.91 Å². The summed E-state index contributed by atoms with van der Waals surface area (Å²) in [4.78, 5) is 29.9. The summed E-state index contributed by atoms with van der Waals surface area (Å²) in [7, 11) is 1.75. The predicted molar refractivity (Wildman–Crippen MR) is 97.3 cm³/mol. The van der Waals surface area contributed by atoms with Crippen LogP contribution in [0.4, 0.5) is 5.69 Å². The summed E-state index contributed by atoms with van der Waals surface area (Å²) in [5.41, 5.74) is 2.09. The van der Waals surface area contributed by atoms with Crippen LogP contribution >= 0.6 is 11.3 Å². The van der Waals surface area contributed by atoms with Crippen molar-refractivity contribution in [3.8, 4) is 0 Å². The van der Waals surface area contributed by atoms with E-state index in [9.17, 15) is 9.59 Å². The van der Waals surface area contributed by atoms with Crippen LogP contribution in [-0.2, 0) is 11.3 Å². The Morgan fingerprint density at radius 2 is 2.00 bits per heavy atom. The number of benzene rings is 1. The molecule has 1 aromatic carbocycles. The van der Waals surface area contributed by atoms with E-state index in [0.717, 1.165) is 10.7 Å². The number of hydrogen-bond acceptors (Lipinski definition) is 4. The van der Waals surface area contributed by atoms with Crippen molar-refractivity contribution in [1.29, 1.82) is 0 Å². The molecular formula is C18H21N3O2S. The largest absolute Gasteiger partial charge is 0.336 e. The van der Waals surface area contributed by atoms with Crippen molar-refractivity contribution in [3.05, 3.63) is 58.6 Å². The molecule has 0 aliphatic heterocycles. The van der Waals surface area contributed by atoms with Crippen LogP contribution in [0.25, 0.3) is 0 Å². The average molecular weight is 343 g/mol. The number of anilines is 1. The Balaban J connectivity index is 2.01. The Morgan fingerprint density at radius 3 is 2.54 bits per heavy atom. The zero-order chi connectivity index (χ0) is 17.7. The van der Waals surface area contributed by atoms with Crippen molar-refractivity contribution < 1.29 is 9.59 Å². The summed E-state index contributed by atoms with van der Waals surface area (Å²) in [5, 5.41) is 5.72. The van der Waals surface area contributed by atoms with E-state index in [1.807, 2.05) is 5.38 Å². The van der Waals surface area contributed by atoms with E-state index < -0.39 is 0 Å². The van der Waals surface area contributed by atoms with Gasteiger partial charge < -0.3 is 10.2 Å². The fourth-order valence-corrected chi connectivity index (χ4v) is 2.91. The van der Waals surface area contributed by atoms with Crippen molar-refractivity contribution in [2.45, 2.75) is 26.3 Å². The Labute approximate surface area is 146 Å². The Bertz CT molecular complexity index is 735. The van der Waals surface area contributed by atoms with Gasteiger partial charge in [0, 0.05) is 29.6 Å². The summed E-state index contributed by atoms with van der Waals surface area (Å²) in [5.74, 6) is 0.0226. The molecule has 0 unspecified atom stereocenters. The van der Waals surface area contributed by atoms with Gasteiger partial charge in [0.25, 0.3) is 5.91 Å². The summed E-state index contributed by atoms with van der Waals surface area (Å²) >= 11 is 1.62. The van der Waals surface area contributed by atoms with Crippen molar-refractivity contribution in [2.75, 3.05) is 12.4 Å². The minimum Gasteiger partial charge on any atom is -0.336 e. The van der Waals surface area contributed by atoms with Gasteiger partial charge in [-0.1, -0.05) is 20.4 Å². The number of aromatic nitrogens is 1. The standard InChI is InChI=1S/C18H21N3O2S/c1-5-16(22)19-14-8-6-13(7-9-14)18(23)21(4)10-15-11-24-17(20-15)12(2)3/h5-9,11-12H,1,10H2,2-4H3,(H,19,22). The summed E-state index contributed by atoms with van der Waals surface area (Å²) in [6.07, 6.45) is 1.20. The Hall–Kier alpha value is -2.47. The first-order valence-electron chi connectivity index (χ1n) is 7.64. The lowest BCUT2D eigenvalue weighted by Gasteiger charge is -2.16. The van der Waals surface area contributed by atoms with Gasteiger partial charge >= 0.3 is 0 Å². The molecule has 0 radical (unpaired) electrons. The molecule has 2 aromatic rings. The Morgan fingerprint density at radius 1 is 1.33 bits per heavy atom. The van der Waals surface area contributed by atoms with Crippen LogP contribution in [0.15, 0.2) is 42.3 Å². The summed E-state index contributed by atoms with van der Waals surface area (Å²) < 4.78 is 0. The number of rotatable bonds is 6. The van der Waals surface area contributed by atoms with Gasteiger partial charge in [-0.15, -0.1) is 11.3 Å². The van der Waals surface area contributed by atoms with Crippen LogP contribution in [0, 0.1) is 0 Å². The van der Waals surface area contributed by atoms with E-state index in [2.05, 4.69) is 30.7 Å². The fourth-order valence-electron chi connectivity index (χ4n) is 2.09. The number of nitrogens with zero attached hydrogens (tertiary/aromatic N) is 2. The number of hydrogen-bond donors (Lipinski definition) is 1. The zero-order valence-electron chi connectivity index (χ0n) is 14.1. The lowest BCUT2D eigenvalue weighted by molar-refractivity contribution is -0.111. The molecule has 0 saturated carbocycles. The predicted octanol–water partition coefficient (Wildman–Crippen LogP) is 3.66. The fraction of sp³-hybridized carbons (Fsp3) is 0.278. The third kappa shape index (κ3) is 4.52. The molecule has 24 heavy (non-hydrogen) atoms. The zero-order valence-corrected chi connectivity index (χ0v) is 14.9. The van der Waals surface area contributed by atoms with Crippen molar-refractivity contribution in [3.63, 3.8) is 0 Å². The topological polar surface area (TPSA) is 62.3 Å². The third-order valence-corrected chi connectivity index (χ3v) is 4.59. The van der Waals surface area contributed by atoms with Gasteiger partial charge in [-0.3, -0.25) is 9.59 Å². The van der Waals surface area contributed by atoms with E-state index >= 15 is 0 Å². The van der Waals surface area contributed by atoms with Gasteiger partial charge in [-0.05, 0) is 30.3 Å². The number of amides is 2. The minimum atomic E-state index is -0.282. The molecule has 2 amide bonds. The highest BCUT2D eigenvalue weighted by atomic mass is 32.1. The summed E-state index contributed by atoms with van der Waals surface area (Å²) in [6, 6.07) is 6.78. The molecule has 5 nitrogen and oxygen atoms in total. The molecule has 0 atom stereocenters. The molecule has 1 aromatic heterocycles. The maximum absolute atomic E-state index is 12.5. The van der Waals surface area contributed by atoms with Gasteiger partial charge in [0.15, 0.2) is 0 Å². The molecule has 1 heterocycles. The number of carbonyl (C=O) groups excluding carboxylic acids is 2. The Kier molecular flexibility index (Phi) is 5.87. The molecule has 126 valence electrons. The molecule has 2 rings (SSSR count). The third-order valence-electron chi connectivity index (χ3n) is 3.39. The maximum Gasteiger partial charge on any atom is 0.253 e. The molecule has 0 spiro atoms. The molecular weight excluding hydrogens is 322 g/mol. The minimum absolute atomic E-state index is 0.0873. The maximum atomic E-state index is 12.5. The normalized spacial score (nSPS) is 10.5. The first kappa shape index (κ1) is 17.9. The molecule has 1 N–H and O–H groups in total. The second-order valence-electron chi connectivity index (χ2n) is 5.76. The first-order chi connectivity index (χ1) is 11.4. The molecule has 0 aliphatic rings. The van der Waals surface area contributed by atoms with Crippen LogP contribution in [0.1, 0.15) is 40.8 Å². The quantitative estimate of drug-likeness (QED) is 0.814. The van der Waals surface area contributed by atoms with Crippen molar-refractivity contribution >= 4 is 28.8 Å². The number of carbonyl (C=O) groups is 2. The second kappa shape index (κ2) is 7.88. The van der Waals surface area contributed by atoms with E-state index in [0.29, 0.717) is 23.7 Å². The van der Waals surface area contributed by atoms with Crippen molar-refractivity contribution in [2.24, 2.45) is 0 Å². The highest BCUT2D eigenvalue weighted by Crippen LogP contribution is 2.20. The molecule has 6 heteroatoms. The van der Waals surface area contributed by atoms with Gasteiger partial charge in [0.05, 0.1) is 17.2 Å². The molecule has 0 bridgehead atoms. The first-order valence-corrected chi connectivity index (χ1v) is 8.52. The number of nitrogens with one attached hydrogen (secondary N) is 1. The molecule has 0 fully saturated rings. The van der Waals surface area contributed by atoms with E-state index in [1.54, 1.807) is 47.5 Å². The second-order valence-corrected chi connectivity index (χ2v) is 6.65.